The molecule has 0 unspecified atom stereocenters. The molecule has 0 atom stereocenters. The first kappa shape index (κ1) is 15.0. The molecule has 0 aliphatic heterocycles. The van der Waals surface area contributed by atoms with Crippen molar-refractivity contribution in [2.24, 2.45) is 0 Å². The fraction of sp³-hybridized carbons (Fsp3) is 0.231. The minimum Gasteiger partial charge on any atom is -0.432 e. The van der Waals surface area contributed by atoms with Gasteiger partial charge in [0.25, 0.3) is 0 Å². The van der Waals surface area contributed by atoms with E-state index in [0.29, 0.717) is 18.2 Å². The normalized spacial score (nSPS) is 10.2. The van der Waals surface area contributed by atoms with E-state index in [2.05, 4.69) is 15.3 Å². The number of hydrogen-bond acceptors (Lipinski definition) is 7. The van der Waals surface area contributed by atoms with Crippen LogP contribution in [-0.2, 0) is 0 Å². The van der Waals surface area contributed by atoms with Gasteiger partial charge in [-0.15, -0.1) is 11.8 Å². The van der Waals surface area contributed by atoms with Crippen molar-refractivity contribution >= 4 is 23.4 Å². The summed E-state index contributed by atoms with van der Waals surface area (Å²) in [5.74, 6) is 0.737. The highest BCUT2D eigenvalue weighted by Crippen LogP contribution is 2.34. The van der Waals surface area contributed by atoms with Gasteiger partial charge in [0.15, 0.2) is 0 Å². The van der Waals surface area contributed by atoms with E-state index in [-0.39, 0.29) is 11.6 Å². The zero-order valence-corrected chi connectivity index (χ0v) is 12.4. The lowest BCUT2D eigenvalue weighted by Gasteiger charge is -2.09. The van der Waals surface area contributed by atoms with E-state index in [1.165, 1.54) is 11.8 Å². The van der Waals surface area contributed by atoms with Gasteiger partial charge in [0.1, 0.15) is 11.9 Å². The molecule has 8 heteroatoms. The molecule has 1 N–H and O–H groups in total. The largest absolute Gasteiger partial charge is 0.432 e. The standard InChI is InChI=1S/C13H14N4O3S/c1-3-14-13-15-8-9(17(18)19)12(16-13)20-10-6-4-5-7-11(10)21-2/h4-8H,3H2,1-2H3,(H,14,15,16). The topological polar surface area (TPSA) is 90.2 Å². The minimum absolute atomic E-state index is 0.0764. The van der Waals surface area contributed by atoms with Crippen LogP contribution in [0.1, 0.15) is 6.92 Å². The van der Waals surface area contributed by atoms with Crippen molar-refractivity contribution in [2.45, 2.75) is 11.8 Å². The summed E-state index contributed by atoms with van der Waals surface area (Å²) in [7, 11) is 0. The Labute approximate surface area is 125 Å². The number of nitrogens with one attached hydrogen (secondary N) is 1. The molecule has 7 nitrogen and oxygen atoms in total. The second kappa shape index (κ2) is 6.89. The Morgan fingerprint density at radius 1 is 1.43 bits per heavy atom. The molecule has 1 aromatic heterocycles. The van der Waals surface area contributed by atoms with Gasteiger partial charge in [-0.1, -0.05) is 12.1 Å². The molecule has 1 heterocycles. The molecule has 0 fully saturated rings. The van der Waals surface area contributed by atoms with Crippen LogP contribution in [0.15, 0.2) is 35.4 Å². The fourth-order valence-electron chi connectivity index (χ4n) is 1.61. The number of ether oxygens (including phenoxy) is 1. The molecule has 0 saturated carbocycles. The highest BCUT2D eigenvalue weighted by molar-refractivity contribution is 7.98. The van der Waals surface area contributed by atoms with Crippen LogP contribution in [0.5, 0.6) is 11.6 Å². The van der Waals surface area contributed by atoms with E-state index in [1.807, 2.05) is 25.3 Å². The third kappa shape index (κ3) is 3.60. The predicted octanol–water partition coefficient (Wildman–Crippen LogP) is 3.33. The van der Waals surface area contributed by atoms with Gasteiger partial charge in [0.05, 0.1) is 4.92 Å². The molecule has 0 radical (unpaired) electrons. The van der Waals surface area contributed by atoms with Crippen LogP contribution in [-0.4, -0.2) is 27.7 Å². The minimum atomic E-state index is -0.563. The molecule has 0 spiro atoms. The van der Waals surface area contributed by atoms with E-state index in [4.69, 9.17) is 4.74 Å². The number of para-hydroxylation sites is 1. The summed E-state index contributed by atoms with van der Waals surface area (Å²) in [5.41, 5.74) is -0.271. The van der Waals surface area contributed by atoms with Crippen LogP contribution < -0.4 is 10.1 Å². The fourth-order valence-corrected chi connectivity index (χ4v) is 2.14. The summed E-state index contributed by atoms with van der Waals surface area (Å²) in [4.78, 5) is 19.3. The molecular formula is C13H14N4O3S. The predicted molar refractivity (Wildman–Crippen MR) is 81.1 cm³/mol. The second-order valence-corrected chi connectivity index (χ2v) is 4.77. The highest BCUT2D eigenvalue weighted by Gasteiger charge is 2.20. The number of nitro groups is 1. The molecule has 110 valence electrons. The van der Waals surface area contributed by atoms with Crippen LogP contribution >= 0.6 is 11.8 Å². The maximum atomic E-state index is 11.1. The second-order valence-electron chi connectivity index (χ2n) is 3.92. The van der Waals surface area contributed by atoms with Gasteiger partial charge in [-0.2, -0.15) is 4.98 Å². The number of benzene rings is 1. The first-order valence-electron chi connectivity index (χ1n) is 6.22. The average Bonchev–Trinajstić information content (AvgIpc) is 2.48. The zero-order valence-electron chi connectivity index (χ0n) is 11.6. The van der Waals surface area contributed by atoms with Gasteiger partial charge in [-0.25, -0.2) is 4.98 Å². The van der Waals surface area contributed by atoms with Crippen molar-refractivity contribution in [3.63, 3.8) is 0 Å². The zero-order chi connectivity index (χ0) is 15.2. The molecule has 21 heavy (non-hydrogen) atoms. The smallest absolute Gasteiger partial charge is 0.349 e. The quantitative estimate of drug-likeness (QED) is 0.497. The van der Waals surface area contributed by atoms with Crippen molar-refractivity contribution in [3.8, 4) is 11.6 Å². The number of nitrogens with zero attached hydrogens (tertiary/aromatic N) is 3. The van der Waals surface area contributed by atoms with Crippen LogP contribution in [0, 0.1) is 10.1 Å². The van der Waals surface area contributed by atoms with Gasteiger partial charge in [0, 0.05) is 11.4 Å². The van der Waals surface area contributed by atoms with Crippen molar-refractivity contribution in [3.05, 3.63) is 40.6 Å². The van der Waals surface area contributed by atoms with Crippen molar-refractivity contribution in [1.82, 2.24) is 9.97 Å². The van der Waals surface area contributed by atoms with E-state index < -0.39 is 4.92 Å². The van der Waals surface area contributed by atoms with Gasteiger partial charge in [-0.3, -0.25) is 10.1 Å². The molecule has 0 amide bonds. The molecular weight excluding hydrogens is 292 g/mol. The molecule has 0 aliphatic carbocycles. The van der Waals surface area contributed by atoms with E-state index in [1.54, 1.807) is 12.1 Å². The number of hydrogen-bond donors (Lipinski definition) is 1. The summed E-state index contributed by atoms with van der Waals surface area (Å²) in [6, 6.07) is 7.28. The third-order valence-electron chi connectivity index (χ3n) is 2.54. The Balaban J connectivity index is 2.40. The summed E-state index contributed by atoms with van der Waals surface area (Å²) >= 11 is 1.49. The average molecular weight is 306 g/mol. The van der Waals surface area contributed by atoms with E-state index >= 15 is 0 Å². The monoisotopic (exact) mass is 306 g/mol. The van der Waals surface area contributed by atoms with Gasteiger partial charge in [-0.05, 0) is 25.3 Å². The number of aromatic nitrogens is 2. The van der Waals surface area contributed by atoms with Crippen LogP contribution in [0.2, 0.25) is 0 Å². The molecule has 0 saturated heterocycles. The van der Waals surface area contributed by atoms with Crippen molar-refractivity contribution < 1.29 is 9.66 Å². The lowest BCUT2D eigenvalue weighted by molar-refractivity contribution is -0.386. The molecule has 2 aromatic rings. The Morgan fingerprint density at radius 2 is 2.19 bits per heavy atom. The van der Waals surface area contributed by atoms with E-state index in [9.17, 15) is 10.1 Å². The lowest BCUT2D eigenvalue weighted by Crippen LogP contribution is -2.05. The summed E-state index contributed by atoms with van der Waals surface area (Å²) in [5, 5.41) is 14.0. The van der Waals surface area contributed by atoms with Crippen LogP contribution in [0.3, 0.4) is 0 Å². The summed E-state index contributed by atoms with van der Waals surface area (Å²) in [6.07, 6.45) is 3.04. The summed E-state index contributed by atoms with van der Waals surface area (Å²) in [6.45, 7) is 2.49. The number of thioether (sulfide) groups is 1. The number of anilines is 1. The van der Waals surface area contributed by atoms with Crippen LogP contribution in [0.25, 0.3) is 0 Å². The van der Waals surface area contributed by atoms with Crippen LogP contribution in [0.4, 0.5) is 11.6 Å². The van der Waals surface area contributed by atoms with Gasteiger partial charge >= 0.3 is 11.6 Å². The molecule has 0 aliphatic rings. The Hall–Kier alpha value is -2.35. The molecule has 1 aromatic carbocycles. The molecule has 2 rings (SSSR count). The van der Waals surface area contributed by atoms with Gasteiger partial charge < -0.3 is 10.1 Å². The maximum Gasteiger partial charge on any atom is 0.349 e. The van der Waals surface area contributed by atoms with Gasteiger partial charge in [0.2, 0.25) is 5.95 Å². The summed E-state index contributed by atoms with van der Waals surface area (Å²) < 4.78 is 5.63. The Morgan fingerprint density at radius 3 is 2.86 bits per heavy atom. The molecule has 0 bridgehead atoms. The Bertz CT molecular complexity index is 651. The van der Waals surface area contributed by atoms with E-state index in [0.717, 1.165) is 11.1 Å². The number of rotatable bonds is 6. The van der Waals surface area contributed by atoms with Crippen molar-refractivity contribution in [1.29, 1.82) is 0 Å². The SMILES string of the molecule is CCNc1ncc([N+](=O)[O-])c(Oc2ccccc2SC)n1. The maximum absolute atomic E-state index is 11.1. The first-order chi connectivity index (χ1) is 10.2. The Kier molecular flexibility index (Phi) is 4.94. The van der Waals surface area contributed by atoms with Crippen molar-refractivity contribution in [2.75, 3.05) is 18.1 Å². The third-order valence-corrected chi connectivity index (χ3v) is 3.32. The first-order valence-corrected chi connectivity index (χ1v) is 7.44. The lowest BCUT2D eigenvalue weighted by atomic mass is 10.3. The highest BCUT2D eigenvalue weighted by atomic mass is 32.2.